The maximum atomic E-state index is 12.0. The van der Waals surface area contributed by atoms with Gasteiger partial charge in [0, 0.05) is 6.42 Å². The zero-order chi connectivity index (χ0) is 17.8. The van der Waals surface area contributed by atoms with E-state index in [0.717, 1.165) is 54.8 Å². The first-order valence-electron chi connectivity index (χ1n) is 11.3. The largest absolute Gasteiger partial charge is 0.295 e. The molecule has 2 nitrogen and oxygen atoms in total. The van der Waals surface area contributed by atoms with E-state index in [1.54, 1.807) is 5.57 Å². The van der Waals surface area contributed by atoms with E-state index >= 15 is 0 Å². The molecule has 2 heteroatoms. The lowest BCUT2D eigenvalue weighted by Gasteiger charge is -2.58. The minimum absolute atomic E-state index is 0.0366. The smallest absolute Gasteiger partial charge is 0.155 e. The molecule has 0 N–H and O–H groups in total. The molecule has 26 heavy (non-hydrogen) atoms. The molecule has 138 valence electrons. The molecule has 0 aromatic carbocycles. The summed E-state index contributed by atoms with van der Waals surface area (Å²) in [5.74, 6) is 6.69. The van der Waals surface area contributed by atoms with Gasteiger partial charge in [0.2, 0.25) is 0 Å². The number of nitrogens with zero attached hydrogens (tertiary/aromatic N) is 1. The van der Waals surface area contributed by atoms with Gasteiger partial charge in [-0.2, -0.15) is 5.26 Å². The van der Waals surface area contributed by atoms with Crippen molar-refractivity contribution >= 4 is 5.78 Å². The third kappa shape index (κ3) is 1.56. The Morgan fingerprint density at radius 1 is 1.12 bits per heavy atom. The quantitative estimate of drug-likeness (QED) is 0.692. The van der Waals surface area contributed by atoms with Gasteiger partial charge in [-0.05, 0) is 104 Å². The van der Waals surface area contributed by atoms with Crippen LogP contribution in [0.2, 0.25) is 0 Å². The predicted molar refractivity (Wildman–Crippen MR) is 99.8 cm³/mol. The van der Waals surface area contributed by atoms with Gasteiger partial charge in [0.15, 0.2) is 5.78 Å². The first-order chi connectivity index (χ1) is 12.6. The SMILES string of the molecule is CC[C@]12CC[C@H]3[C@@H]([C@H]4C[C@H]4C4=CC(=O)CC[C@@H]43)[C@@H]1[C@@H]1C[C@@H]1[C@@]2(C#N)CC. The van der Waals surface area contributed by atoms with Crippen molar-refractivity contribution in [1.82, 2.24) is 0 Å². The van der Waals surface area contributed by atoms with Gasteiger partial charge in [-0.1, -0.05) is 19.4 Å². The molecule has 6 aliphatic rings. The average Bonchev–Trinajstić information content (AvgIpc) is 3.57. The second kappa shape index (κ2) is 4.84. The van der Waals surface area contributed by atoms with Crippen LogP contribution in [0.1, 0.15) is 65.2 Å². The summed E-state index contributed by atoms with van der Waals surface area (Å²) in [6.45, 7) is 4.68. The fourth-order valence-corrected chi connectivity index (χ4v) is 9.55. The molecular weight excluding hydrogens is 318 g/mol. The Balaban J connectivity index is 1.45. The summed E-state index contributed by atoms with van der Waals surface area (Å²) in [6.07, 6.45) is 11.5. The highest BCUT2D eigenvalue weighted by Gasteiger charge is 2.78. The lowest BCUT2D eigenvalue weighted by atomic mass is 9.45. The lowest BCUT2D eigenvalue weighted by Crippen LogP contribution is -2.53. The molecule has 0 radical (unpaired) electrons. The Morgan fingerprint density at radius 3 is 2.69 bits per heavy atom. The molecule has 10 atom stereocenters. The molecule has 0 saturated heterocycles. The van der Waals surface area contributed by atoms with Gasteiger partial charge in [-0.15, -0.1) is 0 Å². The van der Waals surface area contributed by atoms with Crippen LogP contribution in [-0.4, -0.2) is 5.78 Å². The number of fused-ring (bicyclic) bond motifs is 10. The normalized spacial score (nSPS) is 58.3. The molecule has 0 aromatic rings. The zero-order valence-corrected chi connectivity index (χ0v) is 16.2. The van der Waals surface area contributed by atoms with Gasteiger partial charge >= 0.3 is 0 Å². The number of ketones is 1. The molecule has 0 bridgehead atoms. The summed E-state index contributed by atoms with van der Waals surface area (Å²) in [5, 5.41) is 10.3. The monoisotopic (exact) mass is 349 g/mol. The second-order valence-corrected chi connectivity index (χ2v) is 10.5. The molecular formula is C24H31NO. The van der Waals surface area contributed by atoms with E-state index in [-0.39, 0.29) is 5.41 Å². The van der Waals surface area contributed by atoms with E-state index in [2.05, 4.69) is 26.0 Å². The molecule has 0 unspecified atom stereocenters. The van der Waals surface area contributed by atoms with Crippen LogP contribution in [0.15, 0.2) is 11.6 Å². The van der Waals surface area contributed by atoms with Crippen molar-refractivity contribution in [2.75, 3.05) is 0 Å². The van der Waals surface area contributed by atoms with E-state index in [0.29, 0.717) is 23.0 Å². The third-order valence-electron chi connectivity index (χ3n) is 10.4. The van der Waals surface area contributed by atoms with E-state index in [9.17, 15) is 10.1 Å². The summed E-state index contributed by atoms with van der Waals surface area (Å²) in [5.41, 5.74) is 1.82. The third-order valence-corrected chi connectivity index (χ3v) is 10.4. The Morgan fingerprint density at radius 2 is 1.96 bits per heavy atom. The van der Waals surface area contributed by atoms with Crippen LogP contribution in [0.4, 0.5) is 0 Å². The van der Waals surface area contributed by atoms with Crippen molar-refractivity contribution in [1.29, 1.82) is 5.26 Å². The summed E-state index contributed by atoms with van der Waals surface area (Å²) < 4.78 is 0. The summed E-state index contributed by atoms with van der Waals surface area (Å²) in [7, 11) is 0. The minimum Gasteiger partial charge on any atom is -0.295 e. The number of carbonyl (C=O) groups is 1. The fourth-order valence-electron chi connectivity index (χ4n) is 9.55. The Bertz CT molecular complexity index is 761. The number of allylic oxidation sites excluding steroid dienone is 1. The van der Waals surface area contributed by atoms with Crippen molar-refractivity contribution in [3.8, 4) is 6.07 Å². The van der Waals surface area contributed by atoms with Gasteiger partial charge in [0.05, 0.1) is 11.5 Å². The second-order valence-electron chi connectivity index (χ2n) is 10.5. The highest BCUT2D eigenvalue weighted by atomic mass is 16.1. The number of hydrogen-bond donors (Lipinski definition) is 0. The zero-order valence-electron chi connectivity index (χ0n) is 16.2. The summed E-state index contributed by atoms with van der Waals surface area (Å²) >= 11 is 0. The Kier molecular flexibility index (Phi) is 2.96. The van der Waals surface area contributed by atoms with Gasteiger partial charge in [-0.3, -0.25) is 4.79 Å². The van der Waals surface area contributed by atoms with Crippen LogP contribution in [0, 0.1) is 69.5 Å². The van der Waals surface area contributed by atoms with Crippen LogP contribution in [0.25, 0.3) is 0 Å². The number of hydrogen-bond acceptors (Lipinski definition) is 2. The van der Waals surface area contributed by atoms with Crippen LogP contribution >= 0.6 is 0 Å². The summed E-state index contributed by atoms with van der Waals surface area (Å²) in [6, 6.07) is 2.94. The van der Waals surface area contributed by atoms with Crippen LogP contribution < -0.4 is 0 Å². The molecule has 0 spiro atoms. The highest BCUT2D eigenvalue weighted by molar-refractivity contribution is 5.91. The topological polar surface area (TPSA) is 40.9 Å². The molecule has 6 rings (SSSR count). The first kappa shape index (κ1) is 15.9. The molecule has 0 aromatic heterocycles. The van der Waals surface area contributed by atoms with E-state index in [4.69, 9.17) is 0 Å². The van der Waals surface area contributed by atoms with Crippen molar-refractivity contribution in [3.63, 3.8) is 0 Å². The molecule has 0 amide bonds. The Hall–Kier alpha value is -1.10. The van der Waals surface area contributed by atoms with Gasteiger partial charge in [-0.25, -0.2) is 0 Å². The van der Waals surface area contributed by atoms with Crippen molar-refractivity contribution in [2.24, 2.45) is 58.2 Å². The lowest BCUT2D eigenvalue weighted by molar-refractivity contribution is -0.116. The van der Waals surface area contributed by atoms with Crippen molar-refractivity contribution < 1.29 is 4.79 Å². The predicted octanol–water partition coefficient (Wildman–Crippen LogP) is 5.15. The molecule has 0 heterocycles. The standard InChI is InChI=1S/C24H31NO/c1-3-23-8-7-15-14-6-5-13(26)9-16(14)17-10-18(17)21(15)22(23)19-11-20(19)24(23,4-2)12-25/h9,14-15,17-22H,3-8,10-11H2,1-2H3/t14-,15-,17+,18+,19-,20+,21+,22+,23+,24+/m1/s1. The van der Waals surface area contributed by atoms with Crippen LogP contribution in [0.3, 0.4) is 0 Å². The molecule has 5 saturated carbocycles. The number of nitriles is 1. The molecule has 6 aliphatic carbocycles. The maximum Gasteiger partial charge on any atom is 0.155 e. The minimum atomic E-state index is -0.0366. The average molecular weight is 350 g/mol. The van der Waals surface area contributed by atoms with Gasteiger partial charge in [0.1, 0.15) is 0 Å². The van der Waals surface area contributed by atoms with E-state index < -0.39 is 0 Å². The first-order valence-corrected chi connectivity index (χ1v) is 11.3. The Labute approximate surface area is 157 Å². The maximum absolute atomic E-state index is 12.0. The van der Waals surface area contributed by atoms with Crippen molar-refractivity contribution in [3.05, 3.63) is 11.6 Å². The van der Waals surface area contributed by atoms with Crippen molar-refractivity contribution in [2.45, 2.75) is 65.2 Å². The highest BCUT2D eigenvalue weighted by Crippen LogP contribution is 2.82. The number of carbonyl (C=O) groups excluding carboxylic acids is 1. The van der Waals surface area contributed by atoms with Crippen LogP contribution in [0.5, 0.6) is 0 Å². The van der Waals surface area contributed by atoms with Gasteiger partial charge in [0.25, 0.3) is 0 Å². The fraction of sp³-hybridized carbons (Fsp3) is 0.833. The van der Waals surface area contributed by atoms with Crippen LogP contribution in [-0.2, 0) is 4.79 Å². The summed E-state index contributed by atoms with van der Waals surface area (Å²) in [4.78, 5) is 12.0. The van der Waals surface area contributed by atoms with Gasteiger partial charge < -0.3 is 0 Å². The molecule has 0 aliphatic heterocycles. The van der Waals surface area contributed by atoms with E-state index in [1.807, 2.05) is 0 Å². The van der Waals surface area contributed by atoms with E-state index in [1.165, 1.54) is 32.1 Å². The number of rotatable bonds is 2. The molecule has 5 fully saturated rings.